The maximum Gasteiger partial charge on any atom is 0.0606 e. The minimum absolute atomic E-state index is 0.0240. The molecular formula is C15H26N2S. The van der Waals surface area contributed by atoms with Gasteiger partial charge in [-0.1, -0.05) is 49.2 Å². The Morgan fingerprint density at radius 3 is 2.56 bits per heavy atom. The maximum atomic E-state index is 4.29. The van der Waals surface area contributed by atoms with Gasteiger partial charge in [0, 0.05) is 16.9 Å². The molecule has 0 fully saturated rings. The molecule has 2 N–H and O–H groups in total. The summed E-state index contributed by atoms with van der Waals surface area (Å²) in [6.07, 6.45) is 9.49. The first-order chi connectivity index (χ1) is 8.70. The predicted octanol–water partition coefficient (Wildman–Crippen LogP) is 3.72. The van der Waals surface area contributed by atoms with Gasteiger partial charge in [0.1, 0.15) is 0 Å². The highest BCUT2D eigenvalue weighted by molar-refractivity contribution is 8.17. The van der Waals surface area contributed by atoms with E-state index in [2.05, 4.69) is 42.2 Å². The summed E-state index contributed by atoms with van der Waals surface area (Å²) in [7, 11) is -0.0240. The molecule has 0 radical (unpaired) electrons. The van der Waals surface area contributed by atoms with E-state index in [9.17, 15) is 0 Å². The molecular weight excluding hydrogens is 240 g/mol. The molecule has 2 nitrogen and oxygen atoms in total. The third kappa shape index (κ3) is 3.67. The Morgan fingerprint density at radius 2 is 2.00 bits per heavy atom. The van der Waals surface area contributed by atoms with Crippen LogP contribution in [0, 0.1) is 0 Å². The third-order valence-corrected chi connectivity index (χ3v) is 5.07. The van der Waals surface area contributed by atoms with Gasteiger partial charge in [0.15, 0.2) is 0 Å². The standard InChI is InChI=1S/C15H26N2S/c1-5-8-9-12-17-18-13-16-15(10-6-2,11-7-3)14(18)4/h6-7,13,16-17H,2-5,8-12H2,1H3. The summed E-state index contributed by atoms with van der Waals surface area (Å²) in [5.74, 6) is 0. The lowest BCUT2D eigenvalue weighted by Gasteiger charge is -2.29. The van der Waals surface area contributed by atoms with Crippen LogP contribution in [0.2, 0.25) is 0 Å². The van der Waals surface area contributed by atoms with Crippen LogP contribution in [0.3, 0.4) is 0 Å². The van der Waals surface area contributed by atoms with Gasteiger partial charge in [-0.25, -0.2) is 0 Å². The van der Waals surface area contributed by atoms with Crippen LogP contribution in [0.25, 0.3) is 0 Å². The van der Waals surface area contributed by atoms with Crippen LogP contribution in [-0.4, -0.2) is 17.6 Å². The maximum absolute atomic E-state index is 4.29. The zero-order valence-electron chi connectivity index (χ0n) is 11.5. The van der Waals surface area contributed by atoms with E-state index in [0.29, 0.717) is 0 Å². The van der Waals surface area contributed by atoms with E-state index in [1.54, 1.807) is 0 Å². The number of hydrogen-bond donors (Lipinski definition) is 2. The highest BCUT2D eigenvalue weighted by Gasteiger charge is 2.35. The highest BCUT2D eigenvalue weighted by atomic mass is 32.2. The van der Waals surface area contributed by atoms with E-state index in [1.807, 2.05) is 12.2 Å². The molecule has 0 aliphatic carbocycles. The normalized spacial score (nSPS) is 21.6. The minimum Gasteiger partial charge on any atom is -0.278 e. The monoisotopic (exact) mass is 266 g/mol. The van der Waals surface area contributed by atoms with Crippen LogP contribution in [0.5, 0.6) is 0 Å². The van der Waals surface area contributed by atoms with E-state index in [0.717, 1.165) is 19.4 Å². The van der Waals surface area contributed by atoms with Crippen molar-refractivity contribution in [1.29, 1.82) is 0 Å². The van der Waals surface area contributed by atoms with E-state index < -0.39 is 0 Å². The van der Waals surface area contributed by atoms with Crippen molar-refractivity contribution >= 4 is 16.2 Å². The summed E-state index contributed by atoms with van der Waals surface area (Å²) in [5.41, 5.74) is 2.09. The average molecular weight is 266 g/mol. The third-order valence-electron chi connectivity index (χ3n) is 3.28. The lowest BCUT2D eigenvalue weighted by molar-refractivity contribution is 0.489. The van der Waals surface area contributed by atoms with Gasteiger partial charge < -0.3 is 0 Å². The first-order valence-electron chi connectivity index (χ1n) is 6.69. The van der Waals surface area contributed by atoms with E-state index in [1.165, 1.54) is 24.2 Å². The molecule has 1 aliphatic heterocycles. The van der Waals surface area contributed by atoms with E-state index in [4.69, 9.17) is 0 Å². The summed E-state index contributed by atoms with van der Waals surface area (Å²) in [4.78, 5) is 1.23. The Kier molecular flexibility index (Phi) is 6.61. The zero-order chi connectivity index (χ0) is 13.4. The van der Waals surface area contributed by atoms with Gasteiger partial charge in [-0.2, -0.15) is 0 Å². The summed E-state index contributed by atoms with van der Waals surface area (Å²) in [6, 6.07) is 0. The van der Waals surface area contributed by atoms with Crippen molar-refractivity contribution in [2.75, 3.05) is 6.54 Å². The second kappa shape index (κ2) is 7.72. The zero-order valence-corrected chi connectivity index (χ0v) is 12.3. The Labute approximate surface area is 114 Å². The van der Waals surface area contributed by atoms with Crippen molar-refractivity contribution < 1.29 is 0 Å². The molecule has 3 heteroatoms. The van der Waals surface area contributed by atoms with Crippen LogP contribution in [0.4, 0.5) is 0 Å². The molecule has 18 heavy (non-hydrogen) atoms. The molecule has 0 bridgehead atoms. The van der Waals surface area contributed by atoms with Crippen molar-refractivity contribution in [2.45, 2.75) is 44.6 Å². The van der Waals surface area contributed by atoms with E-state index in [-0.39, 0.29) is 16.2 Å². The summed E-state index contributed by atoms with van der Waals surface area (Å²) < 4.78 is 3.58. The molecule has 0 aromatic rings. The fourth-order valence-electron chi connectivity index (χ4n) is 2.14. The summed E-state index contributed by atoms with van der Waals surface area (Å²) >= 11 is 0. The van der Waals surface area contributed by atoms with Crippen molar-refractivity contribution in [1.82, 2.24) is 10.0 Å². The topological polar surface area (TPSA) is 24.1 Å². The number of rotatable bonds is 9. The Morgan fingerprint density at radius 1 is 1.33 bits per heavy atom. The van der Waals surface area contributed by atoms with Gasteiger partial charge in [0.25, 0.3) is 0 Å². The Bertz CT molecular complexity index is 334. The van der Waals surface area contributed by atoms with E-state index >= 15 is 0 Å². The predicted molar refractivity (Wildman–Crippen MR) is 85.8 cm³/mol. The van der Waals surface area contributed by atoms with Crippen LogP contribution in [0.1, 0.15) is 39.0 Å². The molecule has 1 rings (SSSR count). The van der Waals surface area contributed by atoms with Crippen LogP contribution in [0.15, 0.2) is 36.8 Å². The Balaban J connectivity index is 2.56. The highest BCUT2D eigenvalue weighted by Crippen LogP contribution is 2.39. The van der Waals surface area contributed by atoms with Crippen LogP contribution < -0.4 is 10.0 Å². The molecule has 1 heterocycles. The van der Waals surface area contributed by atoms with Crippen LogP contribution >= 0.6 is 10.7 Å². The Hall–Kier alpha value is -0.640. The number of nitrogens with one attached hydrogen (secondary N) is 2. The van der Waals surface area contributed by atoms with Gasteiger partial charge in [-0.05, 0) is 19.3 Å². The number of hydrogen-bond acceptors (Lipinski definition) is 2. The minimum atomic E-state index is -0.0651. The fraction of sp³-hybridized carbons (Fsp3) is 0.533. The lowest BCUT2D eigenvalue weighted by Crippen LogP contribution is -2.40. The second-order valence-electron chi connectivity index (χ2n) is 4.69. The quantitative estimate of drug-likeness (QED) is 0.377. The SMILES string of the molecule is C=CCC1(CC=C)NC=S(NCCCCC)C1=C. The average Bonchev–Trinajstić information content (AvgIpc) is 2.65. The van der Waals surface area contributed by atoms with Crippen LogP contribution in [-0.2, 0) is 0 Å². The van der Waals surface area contributed by atoms with Gasteiger partial charge >= 0.3 is 0 Å². The molecule has 102 valence electrons. The molecule has 1 unspecified atom stereocenters. The van der Waals surface area contributed by atoms with Gasteiger partial charge in [-0.3, -0.25) is 10.0 Å². The molecule has 0 saturated carbocycles. The molecule has 0 spiro atoms. The van der Waals surface area contributed by atoms with Gasteiger partial charge in [0.2, 0.25) is 0 Å². The summed E-state index contributed by atoms with van der Waals surface area (Å²) in [5, 5.41) is 3.50. The first kappa shape index (κ1) is 15.4. The molecule has 1 atom stereocenters. The molecule has 0 amide bonds. The number of unbranched alkanes of at least 4 members (excludes halogenated alkanes) is 2. The largest absolute Gasteiger partial charge is 0.278 e. The molecule has 0 aromatic heterocycles. The molecule has 0 aromatic carbocycles. The van der Waals surface area contributed by atoms with Gasteiger partial charge in [0.05, 0.1) is 5.54 Å². The van der Waals surface area contributed by atoms with Crippen molar-refractivity contribution in [3.8, 4) is 0 Å². The smallest absolute Gasteiger partial charge is 0.0606 e. The van der Waals surface area contributed by atoms with Crippen molar-refractivity contribution in [3.05, 3.63) is 36.8 Å². The second-order valence-corrected chi connectivity index (χ2v) is 6.38. The molecule has 1 aliphatic rings. The van der Waals surface area contributed by atoms with Crippen molar-refractivity contribution in [3.63, 3.8) is 0 Å². The first-order valence-corrected chi connectivity index (χ1v) is 7.97. The van der Waals surface area contributed by atoms with Gasteiger partial charge in [-0.15, -0.1) is 13.2 Å². The molecule has 0 saturated heterocycles. The lowest BCUT2D eigenvalue weighted by atomic mass is 9.91. The fourth-order valence-corrected chi connectivity index (χ4v) is 3.90. The van der Waals surface area contributed by atoms with Crippen molar-refractivity contribution in [2.24, 2.45) is 0 Å². The summed E-state index contributed by atoms with van der Waals surface area (Å²) in [6.45, 7) is 15.3.